The quantitative estimate of drug-likeness (QED) is 0.609. The Kier molecular flexibility index (Phi) is 3.21. The Morgan fingerprint density at radius 3 is 2.56 bits per heavy atom. The molecule has 0 radical (unpaired) electrons. The maximum absolute atomic E-state index is 9.85. The highest BCUT2D eigenvalue weighted by Gasteiger charge is 2.60. The van der Waals surface area contributed by atoms with E-state index in [4.69, 9.17) is 9.47 Å². The van der Waals surface area contributed by atoms with Crippen molar-refractivity contribution in [3.05, 3.63) is 0 Å². The van der Waals surface area contributed by atoms with Gasteiger partial charge in [0.25, 0.3) is 0 Å². The zero-order valence-electron chi connectivity index (χ0n) is 10.8. The van der Waals surface area contributed by atoms with Gasteiger partial charge in [-0.25, -0.2) is 0 Å². The van der Waals surface area contributed by atoms with Crippen LogP contribution in [0.4, 0.5) is 0 Å². The van der Waals surface area contributed by atoms with Gasteiger partial charge in [0, 0.05) is 13.0 Å². The van der Waals surface area contributed by atoms with Crippen LogP contribution in [0.25, 0.3) is 0 Å². The number of rotatable bonds is 3. The molecule has 4 atom stereocenters. The van der Waals surface area contributed by atoms with Gasteiger partial charge in [0.1, 0.15) is 0 Å². The van der Waals surface area contributed by atoms with Crippen LogP contribution in [-0.4, -0.2) is 43.3 Å². The Bertz CT molecular complexity index is 263. The molecule has 0 amide bonds. The molecule has 2 fully saturated rings. The van der Waals surface area contributed by atoms with E-state index in [2.05, 4.69) is 26.6 Å². The van der Waals surface area contributed by atoms with Crippen molar-refractivity contribution in [1.29, 1.82) is 0 Å². The smallest absolute Gasteiger partial charge is 0.0861 e. The summed E-state index contributed by atoms with van der Waals surface area (Å²) in [5.74, 6) is 0. The minimum atomic E-state index is -1.28. The fourth-order valence-corrected chi connectivity index (χ4v) is 4.03. The molecule has 2 rings (SSSR count). The van der Waals surface area contributed by atoms with Crippen molar-refractivity contribution < 1.29 is 14.6 Å². The van der Waals surface area contributed by atoms with Crippen LogP contribution in [-0.2, 0) is 9.47 Å². The molecule has 4 heteroatoms. The van der Waals surface area contributed by atoms with Crippen molar-refractivity contribution in [3.63, 3.8) is 0 Å². The number of hydrogen-bond donors (Lipinski definition) is 1. The van der Waals surface area contributed by atoms with Crippen molar-refractivity contribution in [2.24, 2.45) is 0 Å². The van der Waals surface area contributed by atoms with Crippen LogP contribution in [0.5, 0.6) is 0 Å². The van der Waals surface area contributed by atoms with Crippen LogP contribution in [0, 0.1) is 0 Å². The van der Waals surface area contributed by atoms with Crippen LogP contribution in [0.1, 0.15) is 26.2 Å². The van der Waals surface area contributed by atoms with Crippen LogP contribution >= 0.6 is 0 Å². The zero-order chi connectivity index (χ0) is 12.0. The average Bonchev–Trinajstić information content (AvgIpc) is 2.82. The Labute approximate surface area is 99.1 Å². The highest BCUT2D eigenvalue weighted by molar-refractivity contribution is 6.79. The zero-order valence-corrected chi connectivity index (χ0v) is 11.8. The van der Waals surface area contributed by atoms with Gasteiger partial charge in [0.15, 0.2) is 0 Å². The van der Waals surface area contributed by atoms with E-state index in [1.165, 1.54) is 0 Å². The summed E-state index contributed by atoms with van der Waals surface area (Å²) < 4.78 is 11.5. The summed E-state index contributed by atoms with van der Waals surface area (Å²) in [6.07, 6.45) is 2.73. The summed E-state index contributed by atoms with van der Waals surface area (Å²) in [7, 11) is -1.28. The second-order valence-corrected chi connectivity index (χ2v) is 11.8. The lowest BCUT2D eigenvalue weighted by Crippen LogP contribution is -2.43. The first-order valence-corrected chi connectivity index (χ1v) is 9.82. The molecule has 2 saturated heterocycles. The standard InChI is InChI=1S/C12H24O3Si/c1-12(16(2,3)4)11(15-12)8-10-9(13)6-5-7-14-10/h9-11,13H,5-8H2,1-4H3/t9-,10+,11-,12-/m1/s1. The largest absolute Gasteiger partial charge is 0.390 e. The molecule has 0 aromatic heterocycles. The Morgan fingerprint density at radius 1 is 1.38 bits per heavy atom. The third-order valence-electron chi connectivity index (χ3n) is 4.29. The molecule has 0 aromatic carbocycles. The highest BCUT2D eigenvalue weighted by atomic mass is 28.3. The van der Waals surface area contributed by atoms with Crippen molar-refractivity contribution in [3.8, 4) is 0 Å². The van der Waals surface area contributed by atoms with Crippen LogP contribution in [0.15, 0.2) is 0 Å². The Balaban J connectivity index is 1.88. The summed E-state index contributed by atoms with van der Waals surface area (Å²) in [6, 6.07) is 0. The van der Waals surface area contributed by atoms with Crippen LogP contribution in [0.2, 0.25) is 19.6 Å². The fourth-order valence-electron chi connectivity index (χ4n) is 2.45. The molecule has 1 N–H and O–H groups in total. The molecule has 0 saturated carbocycles. The van der Waals surface area contributed by atoms with E-state index in [1.807, 2.05) is 0 Å². The van der Waals surface area contributed by atoms with E-state index < -0.39 is 8.07 Å². The van der Waals surface area contributed by atoms with Gasteiger partial charge in [-0.3, -0.25) is 0 Å². The van der Waals surface area contributed by atoms with Gasteiger partial charge in [-0.05, 0) is 19.8 Å². The molecule has 0 unspecified atom stereocenters. The lowest BCUT2D eigenvalue weighted by molar-refractivity contribution is -0.0791. The molecule has 3 nitrogen and oxygen atoms in total. The molecule has 2 aliphatic rings. The molecule has 94 valence electrons. The van der Waals surface area contributed by atoms with E-state index in [-0.39, 0.29) is 17.4 Å². The van der Waals surface area contributed by atoms with Crippen LogP contribution < -0.4 is 0 Å². The molecular formula is C12H24O3Si. The third-order valence-corrected chi connectivity index (χ3v) is 7.70. The van der Waals surface area contributed by atoms with Crippen molar-refractivity contribution in [2.75, 3.05) is 6.61 Å². The molecular weight excluding hydrogens is 220 g/mol. The van der Waals surface area contributed by atoms with E-state index in [1.54, 1.807) is 0 Å². The summed E-state index contributed by atoms with van der Waals surface area (Å²) in [5.41, 5.74) is 0. The molecule has 0 spiro atoms. The van der Waals surface area contributed by atoms with E-state index in [9.17, 15) is 5.11 Å². The predicted molar refractivity (Wildman–Crippen MR) is 66.2 cm³/mol. The molecule has 0 bridgehead atoms. The van der Waals surface area contributed by atoms with Gasteiger partial charge in [-0.2, -0.15) is 0 Å². The topological polar surface area (TPSA) is 42.0 Å². The fraction of sp³-hybridized carbons (Fsp3) is 1.00. The lowest BCUT2D eigenvalue weighted by Gasteiger charge is -2.28. The lowest BCUT2D eigenvalue weighted by atomic mass is 10.0. The second kappa shape index (κ2) is 4.09. The van der Waals surface area contributed by atoms with Gasteiger partial charge < -0.3 is 14.6 Å². The predicted octanol–water partition coefficient (Wildman–Crippen LogP) is 1.95. The number of aliphatic hydroxyl groups excluding tert-OH is 1. The molecule has 0 aliphatic carbocycles. The van der Waals surface area contributed by atoms with Gasteiger partial charge in [-0.15, -0.1) is 0 Å². The first-order chi connectivity index (χ1) is 7.34. The average molecular weight is 244 g/mol. The molecule has 0 aromatic rings. The molecule has 2 heterocycles. The van der Waals surface area contributed by atoms with Gasteiger partial charge >= 0.3 is 0 Å². The van der Waals surface area contributed by atoms with Crippen molar-refractivity contribution in [2.45, 2.75) is 69.4 Å². The number of epoxide rings is 1. The first-order valence-electron chi connectivity index (χ1n) is 6.32. The SMILES string of the molecule is C[C@]1([Si](C)(C)C)O[C@@H]1C[C@@H]1OCCC[C@H]1O. The summed E-state index contributed by atoms with van der Waals surface area (Å²) in [5, 5.41) is 9.94. The van der Waals surface area contributed by atoms with Gasteiger partial charge in [0.05, 0.1) is 31.6 Å². The maximum Gasteiger partial charge on any atom is 0.0861 e. The molecule has 2 aliphatic heterocycles. The highest BCUT2D eigenvalue weighted by Crippen LogP contribution is 2.47. The number of aliphatic hydroxyl groups is 1. The van der Waals surface area contributed by atoms with Gasteiger partial charge in [-0.1, -0.05) is 19.6 Å². The summed E-state index contributed by atoms with van der Waals surface area (Å²) in [6.45, 7) is 10.0. The molecule has 16 heavy (non-hydrogen) atoms. The summed E-state index contributed by atoms with van der Waals surface area (Å²) in [4.78, 5) is 0. The minimum Gasteiger partial charge on any atom is -0.390 e. The van der Waals surface area contributed by atoms with Crippen LogP contribution in [0.3, 0.4) is 0 Å². The number of hydrogen-bond acceptors (Lipinski definition) is 3. The Morgan fingerprint density at radius 2 is 2.06 bits per heavy atom. The van der Waals surface area contributed by atoms with Crippen molar-refractivity contribution in [1.82, 2.24) is 0 Å². The second-order valence-electron chi connectivity index (χ2n) is 6.32. The van der Waals surface area contributed by atoms with E-state index >= 15 is 0 Å². The van der Waals surface area contributed by atoms with E-state index in [0.717, 1.165) is 25.9 Å². The van der Waals surface area contributed by atoms with Crippen molar-refractivity contribution >= 4 is 8.07 Å². The minimum absolute atomic E-state index is 0.00285. The first kappa shape index (κ1) is 12.6. The monoisotopic (exact) mass is 244 g/mol. The number of ether oxygens (including phenoxy) is 2. The summed E-state index contributed by atoms with van der Waals surface area (Å²) >= 11 is 0. The Hall–Kier alpha value is 0.0969. The third kappa shape index (κ3) is 2.21. The van der Waals surface area contributed by atoms with E-state index in [0.29, 0.717) is 6.10 Å². The van der Waals surface area contributed by atoms with Gasteiger partial charge in [0.2, 0.25) is 0 Å². The normalized spacial score (nSPS) is 44.4. The maximum atomic E-state index is 9.85.